The summed E-state index contributed by atoms with van der Waals surface area (Å²) < 4.78 is 2.41. The summed E-state index contributed by atoms with van der Waals surface area (Å²) >= 11 is 0. The third-order valence-electron chi connectivity index (χ3n) is 3.90. The summed E-state index contributed by atoms with van der Waals surface area (Å²) in [6, 6.07) is 7.74. The molecule has 0 unspecified atom stereocenters. The van der Waals surface area contributed by atoms with Crippen molar-refractivity contribution in [2.24, 2.45) is 7.05 Å². The minimum atomic E-state index is -1.13. The number of carboxylic acid groups (broad SMARTS) is 1. The van der Waals surface area contributed by atoms with Crippen molar-refractivity contribution in [2.45, 2.75) is 6.54 Å². The summed E-state index contributed by atoms with van der Waals surface area (Å²) in [4.78, 5) is 40.1. The first-order valence-electron chi connectivity index (χ1n) is 7.52. The van der Waals surface area contributed by atoms with E-state index in [1.165, 1.54) is 22.8 Å². The second kappa shape index (κ2) is 6.56. The zero-order valence-corrected chi connectivity index (χ0v) is 13.4. The molecular formula is C18H15N3O4. The van der Waals surface area contributed by atoms with Crippen LogP contribution in [0.25, 0.3) is 17.0 Å². The Morgan fingerprint density at radius 3 is 2.60 bits per heavy atom. The van der Waals surface area contributed by atoms with Crippen LogP contribution < -0.4 is 11.2 Å². The highest BCUT2D eigenvalue weighted by Crippen LogP contribution is 2.11. The summed E-state index contributed by atoms with van der Waals surface area (Å²) in [7, 11) is 1.55. The third kappa shape index (κ3) is 3.12. The van der Waals surface area contributed by atoms with E-state index < -0.39 is 17.2 Å². The molecule has 0 saturated carbocycles. The van der Waals surface area contributed by atoms with Gasteiger partial charge in [-0.05, 0) is 35.9 Å². The molecule has 0 atom stereocenters. The number of benzene rings is 1. The number of hydrogen-bond donors (Lipinski definition) is 1. The van der Waals surface area contributed by atoms with E-state index in [1.807, 2.05) is 0 Å². The molecule has 3 rings (SSSR count). The van der Waals surface area contributed by atoms with Crippen molar-refractivity contribution in [3.8, 4) is 0 Å². The van der Waals surface area contributed by atoms with E-state index in [9.17, 15) is 14.4 Å². The minimum Gasteiger partial charge on any atom is -0.478 e. The van der Waals surface area contributed by atoms with Gasteiger partial charge >= 0.3 is 11.7 Å². The number of fused-ring (bicyclic) bond motifs is 1. The molecule has 0 aliphatic carbocycles. The van der Waals surface area contributed by atoms with Crippen LogP contribution in [-0.2, 0) is 13.6 Å². The van der Waals surface area contributed by atoms with Crippen molar-refractivity contribution in [1.82, 2.24) is 14.1 Å². The first-order valence-corrected chi connectivity index (χ1v) is 7.52. The van der Waals surface area contributed by atoms with Crippen molar-refractivity contribution in [2.75, 3.05) is 0 Å². The largest absolute Gasteiger partial charge is 0.478 e. The molecule has 0 aliphatic rings. The smallest absolute Gasteiger partial charge is 0.335 e. The number of carbonyl (C=O) groups is 1. The van der Waals surface area contributed by atoms with Crippen molar-refractivity contribution in [3.63, 3.8) is 0 Å². The first-order chi connectivity index (χ1) is 12.0. The fraction of sp³-hybridized carbons (Fsp3) is 0.111. The maximum atomic E-state index is 12.6. The van der Waals surface area contributed by atoms with E-state index in [0.717, 1.165) is 10.1 Å². The Kier molecular flexibility index (Phi) is 4.30. The van der Waals surface area contributed by atoms with Gasteiger partial charge in [0.1, 0.15) is 0 Å². The summed E-state index contributed by atoms with van der Waals surface area (Å²) in [6.07, 6.45) is 6.78. The van der Waals surface area contributed by atoms with E-state index in [4.69, 9.17) is 5.11 Å². The summed E-state index contributed by atoms with van der Waals surface area (Å²) in [6.45, 7) is 0.0844. The lowest BCUT2D eigenvalue weighted by molar-refractivity contribution is 0.0697. The van der Waals surface area contributed by atoms with Crippen molar-refractivity contribution in [1.29, 1.82) is 0 Å². The number of aryl methyl sites for hydroxylation is 1. The minimum absolute atomic E-state index is 0.00197. The zero-order chi connectivity index (χ0) is 18.0. The Morgan fingerprint density at radius 1 is 1.20 bits per heavy atom. The SMILES string of the molecule is Cn1c(=O)n(C/C=C/c2ccncc2)c(=O)c2cc(C(=O)O)ccc21. The molecule has 7 heteroatoms. The van der Waals surface area contributed by atoms with Gasteiger partial charge in [-0.25, -0.2) is 9.59 Å². The number of rotatable bonds is 4. The van der Waals surface area contributed by atoms with Crippen LogP contribution in [0, 0.1) is 0 Å². The molecule has 1 N–H and O–H groups in total. The van der Waals surface area contributed by atoms with Gasteiger partial charge in [-0.3, -0.25) is 18.9 Å². The summed E-state index contributed by atoms with van der Waals surface area (Å²) in [5.41, 5.74) is 0.325. The lowest BCUT2D eigenvalue weighted by Gasteiger charge is -2.09. The number of hydrogen-bond acceptors (Lipinski definition) is 4. The molecule has 3 aromatic rings. The second-order valence-electron chi connectivity index (χ2n) is 5.48. The van der Waals surface area contributed by atoms with Gasteiger partial charge in [0.25, 0.3) is 5.56 Å². The zero-order valence-electron chi connectivity index (χ0n) is 13.4. The number of allylic oxidation sites excluding steroid dienone is 1. The molecule has 1 aromatic carbocycles. The predicted octanol–water partition coefficient (Wildman–Crippen LogP) is 1.51. The van der Waals surface area contributed by atoms with Gasteiger partial charge in [0.2, 0.25) is 0 Å². The molecule has 0 spiro atoms. The fourth-order valence-electron chi connectivity index (χ4n) is 2.58. The average Bonchev–Trinajstić information content (AvgIpc) is 2.63. The highest BCUT2D eigenvalue weighted by Gasteiger charge is 2.12. The Bertz CT molecular complexity index is 1090. The van der Waals surface area contributed by atoms with E-state index in [-0.39, 0.29) is 17.5 Å². The van der Waals surface area contributed by atoms with Crippen LogP contribution in [-0.4, -0.2) is 25.2 Å². The number of carboxylic acids is 1. The number of aromatic carboxylic acids is 1. The van der Waals surface area contributed by atoms with Gasteiger partial charge in [0.15, 0.2) is 0 Å². The van der Waals surface area contributed by atoms with E-state index in [1.54, 1.807) is 43.7 Å². The van der Waals surface area contributed by atoms with Crippen LogP contribution >= 0.6 is 0 Å². The van der Waals surface area contributed by atoms with Gasteiger partial charge < -0.3 is 5.11 Å². The quantitative estimate of drug-likeness (QED) is 0.779. The molecule has 2 aromatic heterocycles. The molecule has 0 bridgehead atoms. The molecule has 25 heavy (non-hydrogen) atoms. The maximum absolute atomic E-state index is 12.6. The van der Waals surface area contributed by atoms with Gasteiger partial charge in [0.05, 0.1) is 16.5 Å². The van der Waals surface area contributed by atoms with E-state index in [0.29, 0.717) is 5.52 Å². The Hall–Kier alpha value is -3.48. The lowest BCUT2D eigenvalue weighted by atomic mass is 10.1. The highest BCUT2D eigenvalue weighted by molar-refractivity contribution is 5.93. The van der Waals surface area contributed by atoms with Crippen LogP contribution in [0.15, 0.2) is 58.4 Å². The van der Waals surface area contributed by atoms with Crippen molar-refractivity contribution >= 4 is 22.9 Å². The monoisotopic (exact) mass is 337 g/mol. The van der Waals surface area contributed by atoms with Gasteiger partial charge in [-0.1, -0.05) is 12.2 Å². The van der Waals surface area contributed by atoms with E-state index >= 15 is 0 Å². The predicted molar refractivity (Wildman–Crippen MR) is 93.7 cm³/mol. The Labute approximate surface area is 142 Å². The maximum Gasteiger partial charge on any atom is 0.335 e. The number of pyridine rings is 1. The second-order valence-corrected chi connectivity index (χ2v) is 5.48. The highest BCUT2D eigenvalue weighted by atomic mass is 16.4. The van der Waals surface area contributed by atoms with Gasteiger partial charge in [-0.15, -0.1) is 0 Å². The molecule has 0 saturated heterocycles. The average molecular weight is 337 g/mol. The fourth-order valence-corrected chi connectivity index (χ4v) is 2.58. The van der Waals surface area contributed by atoms with Crippen LogP contribution in [0.3, 0.4) is 0 Å². The molecule has 7 nitrogen and oxygen atoms in total. The van der Waals surface area contributed by atoms with Gasteiger partial charge in [-0.2, -0.15) is 0 Å². The Balaban J connectivity index is 2.08. The van der Waals surface area contributed by atoms with Crippen molar-refractivity contribution < 1.29 is 9.90 Å². The van der Waals surface area contributed by atoms with Gasteiger partial charge in [0, 0.05) is 26.0 Å². The molecule has 0 fully saturated rings. The van der Waals surface area contributed by atoms with Crippen LogP contribution in [0.5, 0.6) is 0 Å². The third-order valence-corrected chi connectivity index (χ3v) is 3.90. The summed E-state index contributed by atoms with van der Waals surface area (Å²) in [5, 5.41) is 9.30. The Morgan fingerprint density at radius 2 is 1.92 bits per heavy atom. The molecule has 126 valence electrons. The molecule has 0 radical (unpaired) electrons. The van der Waals surface area contributed by atoms with E-state index in [2.05, 4.69) is 4.98 Å². The molecule has 0 amide bonds. The normalized spacial score (nSPS) is 11.2. The lowest BCUT2D eigenvalue weighted by Crippen LogP contribution is -2.38. The topological polar surface area (TPSA) is 94.2 Å². The van der Waals surface area contributed by atoms with Crippen LogP contribution in [0.1, 0.15) is 15.9 Å². The standard InChI is InChI=1S/C18H15N3O4/c1-20-15-5-4-13(17(23)24)11-14(15)16(22)21(18(20)25)10-2-3-12-6-8-19-9-7-12/h2-9,11H,10H2,1H3,(H,23,24)/b3-2+. The molecular weight excluding hydrogens is 322 g/mol. The number of aromatic nitrogens is 3. The van der Waals surface area contributed by atoms with Crippen LogP contribution in [0.4, 0.5) is 0 Å². The molecule has 2 heterocycles. The summed E-state index contributed by atoms with van der Waals surface area (Å²) in [5.74, 6) is -1.13. The first kappa shape index (κ1) is 16.4. The van der Waals surface area contributed by atoms with Crippen LogP contribution in [0.2, 0.25) is 0 Å². The molecule has 0 aliphatic heterocycles. The number of nitrogens with zero attached hydrogens (tertiary/aromatic N) is 3. The van der Waals surface area contributed by atoms with Crippen molar-refractivity contribution in [3.05, 3.63) is 80.8 Å².